The Hall–Kier alpha value is -2.27. The van der Waals surface area contributed by atoms with Crippen LogP contribution in [0.5, 0.6) is 0 Å². The molecular formula is C30H48N4O6. The second kappa shape index (κ2) is 13.1. The van der Waals surface area contributed by atoms with Crippen LogP contribution < -0.4 is 0 Å². The number of likely N-dealkylation sites (tertiary alicyclic amines) is 1. The third-order valence-corrected chi connectivity index (χ3v) is 9.47. The van der Waals surface area contributed by atoms with Crippen molar-refractivity contribution in [2.24, 2.45) is 11.8 Å². The van der Waals surface area contributed by atoms with Gasteiger partial charge in [-0.1, -0.05) is 19.1 Å². The fourth-order valence-electron chi connectivity index (χ4n) is 7.41. The van der Waals surface area contributed by atoms with E-state index in [1.165, 1.54) is 0 Å². The number of nitrogens with zero attached hydrogens (tertiary/aromatic N) is 4. The van der Waals surface area contributed by atoms with E-state index < -0.39 is 29.1 Å². The monoisotopic (exact) mass is 560 g/mol. The molecule has 0 aliphatic carbocycles. The molecule has 3 amide bonds. The van der Waals surface area contributed by atoms with Gasteiger partial charge in [0.05, 0.1) is 30.7 Å². The summed E-state index contributed by atoms with van der Waals surface area (Å²) in [5, 5.41) is 9.28. The number of unbranched alkanes of at least 4 members (excludes halogenated alkanes) is 2. The number of carbonyl (C=O) groups excluding carboxylic acids is 3. The Bertz CT molecular complexity index is 954. The van der Waals surface area contributed by atoms with Crippen LogP contribution >= 0.6 is 0 Å². The van der Waals surface area contributed by atoms with Gasteiger partial charge in [-0.2, -0.15) is 0 Å². The Morgan fingerprint density at radius 2 is 1.80 bits per heavy atom. The molecule has 2 bridgehead atoms. The van der Waals surface area contributed by atoms with E-state index in [9.17, 15) is 19.5 Å². The first-order chi connectivity index (χ1) is 19.3. The van der Waals surface area contributed by atoms with Crippen LogP contribution in [0.1, 0.15) is 45.4 Å². The summed E-state index contributed by atoms with van der Waals surface area (Å²) in [6.07, 6.45) is 7.27. The molecular weight excluding hydrogens is 512 g/mol. The summed E-state index contributed by atoms with van der Waals surface area (Å²) < 4.78 is 12.4. The molecule has 4 aliphatic heterocycles. The lowest BCUT2D eigenvalue weighted by Gasteiger charge is -2.37. The minimum atomic E-state index is -1.03. The lowest BCUT2D eigenvalue weighted by Crippen LogP contribution is -2.57. The van der Waals surface area contributed by atoms with Gasteiger partial charge < -0.3 is 29.3 Å². The zero-order chi connectivity index (χ0) is 28.9. The highest BCUT2D eigenvalue weighted by atomic mass is 16.5. The number of fused-ring (bicyclic) bond motifs is 1. The molecule has 4 rings (SSSR count). The number of rotatable bonds is 15. The van der Waals surface area contributed by atoms with Crippen LogP contribution in [-0.2, 0) is 23.9 Å². The highest BCUT2D eigenvalue weighted by Crippen LogP contribution is 2.64. The molecule has 10 nitrogen and oxygen atoms in total. The lowest BCUT2D eigenvalue weighted by atomic mass is 9.64. The molecule has 1 spiro atoms. The van der Waals surface area contributed by atoms with E-state index in [0.717, 1.165) is 19.5 Å². The number of likely N-dealkylation sites (N-methyl/N-ethyl adjacent to an activating group) is 1. The van der Waals surface area contributed by atoms with Crippen molar-refractivity contribution >= 4 is 17.7 Å². The summed E-state index contributed by atoms with van der Waals surface area (Å²) in [5.74, 6) is -1.74. The van der Waals surface area contributed by atoms with Crippen LogP contribution in [-0.4, -0.2) is 132 Å². The largest absolute Gasteiger partial charge is 0.396 e. The molecule has 10 heteroatoms. The van der Waals surface area contributed by atoms with Crippen molar-refractivity contribution in [2.45, 2.75) is 62.7 Å². The molecule has 0 aromatic heterocycles. The van der Waals surface area contributed by atoms with Gasteiger partial charge in [0, 0.05) is 59.5 Å². The second-order valence-corrected chi connectivity index (χ2v) is 11.7. The first-order valence-corrected chi connectivity index (χ1v) is 15.0. The fourth-order valence-corrected chi connectivity index (χ4v) is 7.41. The predicted molar refractivity (Wildman–Crippen MR) is 151 cm³/mol. The summed E-state index contributed by atoms with van der Waals surface area (Å²) in [4.78, 5) is 50.0. The van der Waals surface area contributed by atoms with Gasteiger partial charge >= 0.3 is 0 Å². The van der Waals surface area contributed by atoms with Crippen LogP contribution in [0.2, 0.25) is 0 Å². The molecule has 5 atom stereocenters. The minimum Gasteiger partial charge on any atom is -0.396 e. The zero-order valence-electron chi connectivity index (χ0n) is 24.4. The van der Waals surface area contributed by atoms with Crippen molar-refractivity contribution in [1.82, 2.24) is 19.6 Å². The molecule has 1 N–H and O–H groups in total. The summed E-state index contributed by atoms with van der Waals surface area (Å²) in [5.41, 5.74) is -1.79. The van der Waals surface area contributed by atoms with Gasteiger partial charge in [0.25, 0.3) is 0 Å². The Kier molecular flexibility index (Phi) is 10.1. The Labute approximate surface area is 238 Å². The van der Waals surface area contributed by atoms with Crippen molar-refractivity contribution in [1.29, 1.82) is 0 Å². The molecule has 224 valence electrons. The lowest BCUT2D eigenvalue weighted by molar-refractivity contribution is -0.154. The number of hydrogen-bond donors (Lipinski definition) is 1. The highest BCUT2D eigenvalue weighted by Gasteiger charge is 2.78. The second-order valence-electron chi connectivity index (χ2n) is 11.7. The molecule has 0 aromatic rings. The predicted octanol–water partition coefficient (Wildman–Crippen LogP) is 1.30. The number of carbonyl (C=O) groups is 3. The normalized spacial score (nSPS) is 31.3. The van der Waals surface area contributed by atoms with Crippen LogP contribution in [0.25, 0.3) is 0 Å². The number of hydrogen-bond acceptors (Lipinski definition) is 7. The molecule has 2 unspecified atom stereocenters. The third-order valence-electron chi connectivity index (χ3n) is 9.47. The quantitative estimate of drug-likeness (QED) is 0.238. The van der Waals surface area contributed by atoms with Crippen molar-refractivity contribution in [3.05, 3.63) is 25.3 Å². The number of amides is 3. The van der Waals surface area contributed by atoms with Gasteiger partial charge in [0.15, 0.2) is 0 Å². The Balaban J connectivity index is 1.67. The summed E-state index contributed by atoms with van der Waals surface area (Å²) >= 11 is 0. The van der Waals surface area contributed by atoms with Gasteiger partial charge in [0.1, 0.15) is 11.6 Å². The summed E-state index contributed by atoms with van der Waals surface area (Å²) in [6.45, 7) is 15.1. The van der Waals surface area contributed by atoms with Crippen LogP contribution in [0.3, 0.4) is 0 Å². The summed E-state index contributed by atoms with van der Waals surface area (Å²) in [7, 11) is 1.73. The Morgan fingerprint density at radius 3 is 2.45 bits per heavy atom. The van der Waals surface area contributed by atoms with E-state index in [1.807, 2.05) is 6.92 Å². The smallest absolute Gasteiger partial charge is 0.248 e. The van der Waals surface area contributed by atoms with E-state index in [0.29, 0.717) is 78.0 Å². The van der Waals surface area contributed by atoms with E-state index in [-0.39, 0.29) is 24.3 Å². The van der Waals surface area contributed by atoms with Crippen molar-refractivity contribution in [2.75, 3.05) is 72.7 Å². The first-order valence-electron chi connectivity index (χ1n) is 15.0. The average molecular weight is 561 g/mol. The standard InChI is InChI=1S/C30H48N4O6/c1-5-13-31(4)26(36)23-24-27(37)34(15-9-8-10-20-35)25(30(24)12-11-29(23,7-3)40-30)28(38)33(14-6-2)17-16-32-18-21-39-22-19-32/h5-6,23-25,35H,1-2,7-22H2,3-4H3/t23-,24+,25?,29+,30?/m1/s1. The summed E-state index contributed by atoms with van der Waals surface area (Å²) in [6, 6.07) is -0.792. The maximum absolute atomic E-state index is 14.5. The van der Waals surface area contributed by atoms with E-state index in [1.54, 1.807) is 33.9 Å². The molecule has 4 aliphatic rings. The molecule has 4 saturated heterocycles. The van der Waals surface area contributed by atoms with E-state index in [2.05, 4.69) is 18.1 Å². The molecule has 0 aromatic carbocycles. The fraction of sp³-hybridized carbons (Fsp3) is 0.767. The topological polar surface area (TPSA) is 103 Å². The molecule has 0 radical (unpaired) electrons. The SMILES string of the molecule is C=CCN(C)C(=O)[C@H]1[C@H]2C(=O)N(CCCCCO)C(C(=O)N(CC=C)CCN3CCOCC3)C23CC[C@]1(CC)O3. The van der Waals surface area contributed by atoms with E-state index >= 15 is 0 Å². The van der Waals surface area contributed by atoms with Crippen molar-refractivity contribution in [3.8, 4) is 0 Å². The highest BCUT2D eigenvalue weighted by molar-refractivity contribution is 5.99. The van der Waals surface area contributed by atoms with Crippen LogP contribution in [0, 0.1) is 11.8 Å². The van der Waals surface area contributed by atoms with E-state index in [4.69, 9.17) is 9.47 Å². The van der Waals surface area contributed by atoms with Gasteiger partial charge in [-0.05, 0) is 38.5 Å². The van der Waals surface area contributed by atoms with Gasteiger partial charge in [-0.25, -0.2) is 0 Å². The molecule has 4 heterocycles. The van der Waals surface area contributed by atoms with Crippen molar-refractivity contribution in [3.63, 3.8) is 0 Å². The Morgan fingerprint density at radius 1 is 1.07 bits per heavy atom. The van der Waals surface area contributed by atoms with Gasteiger partial charge in [0.2, 0.25) is 17.7 Å². The zero-order valence-corrected chi connectivity index (χ0v) is 24.4. The van der Waals surface area contributed by atoms with Crippen molar-refractivity contribution < 1.29 is 29.0 Å². The third kappa shape index (κ3) is 5.47. The first kappa shape index (κ1) is 30.7. The average Bonchev–Trinajstić information content (AvgIpc) is 3.57. The number of aliphatic hydroxyl groups is 1. The van der Waals surface area contributed by atoms with Crippen LogP contribution in [0.15, 0.2) is 25.3 Å². The number of aliphatic hydroxyl groups excluding tert-OH is 1. The minimum absolute atomic E-state index is 0.0892. The van der Waals surface area contributed by atoms with Gasteiger partial charge in [-0.3, -0.25) is 19.3 Å². The maximum atomic E-state index is 14.5. The molecule has 0 saturated carbocycles. The van der Waals surface area contributed by atoms with Crippen LogP contribution in [0.4, 0.5) is 0 Å². The molecule has 4 fully saturated rings. The number of morpholine rings is 1. The number of ether oxygens (including phenoxy) is 2. The maximum Gasteiger partial charge on any atom is 0.248 e. The van der Waals surface area contributed by atoms with Gasteiger partial charge in [-0.15, -0.1) is 13.2 Å². The molecule has 40 heavy (non-hydrogen) atoms.